The molecule has 0 bridgehead atoms. The average Bonchev–Trinajstić information content (AvgIpc) is 3.24. The second kappa shape index (κ2) is 10.6. The van der Waals surface area contributed by atoms with E-state index in [0.717, 1.165) is 12.8 Å². The van der Waals surface area contributed by atoms with Gasteiger partial charge in [-0.15, -0.1) is 0 Å². The van der Waals surface area contributed by atoms with Crippen molar-refractivity contribution in [2.75, 3.05) is 18.4 Å². The number of carbonyl (C=O) groups excluding carboxylic acids is 2. The van der Waals surface area contributed by atoms with Gasteiger partial charge in [-0.1, -0.05) is 6.92 Å². The molecular weight excluding hydrogens is 442 g/mol. The van der Waals surface area contributed by atoms with Gasteiger partial charge in [-0.25, -0.2) is 8.42 Å². The van der Waals surface area contributed by atoms with Gasteiger partial charge in [0.25, 0.3) is 0 Å². The molecule has 1 unspecified atom stereocenters. The number of anilines is 1. The second-order valence-electron chi connectivity index (χ2n) is 8.37. The van der Waals surface area contributed by atoms with Crippen LogP contribution in [0.2, 0.25) is 0 Å². The van der Waals surface area contributed by atoms with Gasteiger partial charge in [0.15, 0.2) is 0 Å². The number of hydrogen-bond donors (Lipinski definition) is 2. The van der Waals surface area contributed by atoms with E-state index in [0.29, 0.717) is 36.9 Å². The van der Waals surface area contributed by atoms with Crippen molar-refractivity contribution < 1.29 is 18.0 Å². The molecule has 0 radical (unpaired) electrons. The highest BCUT2D eigenvalue weighted by Crippen LogP contribution is 2.19. The summed E-state index contributed by atoms with van der Waals surface area (Å²) >= 11 is 0. The Kier molecular flexibility index (Phi) is 7.89. The molecular formula is C23H29N5O4S. The monoisotopic (exact) mass is 471 g/mol. The number of hydrogen-bond acceptors (Lipinski definition) is 5. The Balaban J connectivity index is 1.79. The third kappa shape index (κ3) is 6.43. The molecule has 2 N–H and O–H groups in total. The summed E-state index contributed by atoms with van der Waals surface area (Å²) < 4.78 is 30.4. The minimum absolute atomic E-state index is 0.000321. The molecule has 1 atom stereocenters. The van der Waals surface area contributed by atoms with Gasteiger partial charge in [0.2, 0.25) is 21.8 Å². The summed E-state index contributed by atoms with van der Waals surface area (Å²) in [4.78, 5) is 26.2. The van der Waals surface area contributed by atoms with E-state index >= 15 is 0 Å². The Labute approximate surface area is 194 Å². The molecule has 1 fully saturated rings. The molecule has 2 heterocycles. The van der Waals surface area contributed by atoms with Crippen LogP contribution in [0, 0.1) is 17.2 Å². The lowest BCUT2D eigenvalue weighted by Crippen LogP contribution is -2.50. The van der Waals surface area contributed by atoms with Gasteiger partial charge >= 0.3 is 0 Å². The topological polar surface area (TPSA) is 124 Å². The van der Waals surface area contributed by atoms with E-state index in [2.05, 4.69) is 23.0 Å². The van der Waals surface area contributed by atoms with Gasteiger partial charge in [-0.05, 0) is 61.6 Å². The van der Waals surface area contributed by atoms with Gasteiger partial charge in [0.1, 0.15) is 17.8 Å². The highest BCUT2D eigenvalue weighted by atomic mass is 32.2. The van der Waals surface area contributed by atoms with E-state index in [-0.39, 0.29) is 23.1 Å². The number of amides is 2. The maximum Gasteiger partial charge on any atom is 0.241 e. The maximum atomic E-state index is 13.3. The minimum atomic E-state index is -3.99. The number of piperidine rings is 1. The standard InChI is InChI=1S/C23H29N5O4S/c1-17-9-13-28(14-10-17)23(30)22(11-15-27-12-3-4-20(27)16-24)26-33(31,32)21-7-5-19(6-8-21)25-18(2)29/h3-8,12,17,22,26H,9-11,13-15H2,1-2H3,(H,25,29). The first-order chi connectivity index (χ1) is 15.7. The SMILES string of the molecule is CC(=O)Nc1ccc(S(=O)(=O)NC(CCn2cccc2C#N)C(=O)N2CCC(C)CC2)cc1. The highest BCUT2D eigenvalue weighted by molar-refractivity contribution is 7.89. The highest BCUT2D eigenvalue weighted by Gasteiger charge is 2.31. The molecule has 176 valence electrons. The molecule has 2 amide bonds. The van der Waals surface area contributed by atoms with E-state index < -0.39 is 16.1 Å². The summed E-state index contributed by atoms with van der Waals surface area (Å²) in [5.74, 6) is 0.0161. The zero-order valence-electron chi connectivity index (χ0n) is 18.8. The summed E-state index contributed by atoms with van der Waals surface area (Å²) in [6, 6.07) is 10.3. The average molecular weight is 472 g/mol. The van der Waals surface area contributed by atoms with E-state index in [1.54, 1.807) is 27.8 Å². The number of carbonyl (C=O) groups is 2. The number of nitriles is 1. The largest absolute Gasteiger partial charge is 0.341 e. The molecule has 1 aromatic carbocycles. The molecule has 1 aromatic heterocycles. The van der Waals surface area contributed by atoms with Crippen molar-refractivity contribution in [1.29, 1.82) is 5.26 Å². The van der Waals surface area contributed by atoms with Crippen LogP contribution in [0.25, 0.3) is 0 Å². The van der Waals surface area contributed by atoms with Crippen LogP contribution in [0.1, 0.15) is 38.8 Å². The van der Waals surface area contributed by atoms with E-state index in [1.807, 2.05) is 0 Å². The molecule has 0 spiro atoms. The number of nitrogens with zero attached hydrogens (tertiary/aromatic N) is 3. The number of sulfonamides is 1. The zero-order valence-corrected chi connectivity index (χ0v) is 19.6. The molecule has 2 aromatic rings. The van der Waals surface area contributed by atoms with Gasteiger partial charge in [0, 0.05) is 38.4 Å². The van der Waals surface area contributed by atoms with Gasteiger partial charge in [-0.3, -0.25) is 9.59 Å². The van der Waals surface area contributed by atoms with Crippen molar-refractivity contribution in [3.63, 3.8) is 0 Å². The molecule has 1 saturated heterocycles. The molecule has 33 heavy (non-hydrogen) atoms. The number of likely N-dealkylation sites (tertiary alicyclic amines) is 1. The number of aromatic nitrogens is 1. The lowest BCUT2D eigenvalue weighted by atomic mass is 9.98. The minimum Gasteiger partial charge on any atom is -0.341 e. The fourth-order valence-corrected chi connectivity index (χ4v) is 5.06. The molecule has 0 saturated carbocycles. The Bertz CT molecular complexity index is 1130. The quantitative estimate of drug-likeness (QED) is 0.611. The summed E-state index contributed by atoms with van der Waals surface area (Å²) in [6.07, 6.45) is 3.70. The predicted octanol–water partition coefficient (Wildman–Crippen LogP) is 2.31. The van der Waals surface area contributed by atoms with Crippen LogP contribution in [0.4, 0.5) is 5.69 Å². The van der Waals surface area contributed by atoms with Crippen LogP contribution in [0.15, 0.2) is 47.5 Å². The molecule has 1 aliphatic rings. The van der Waals surface area contributed by atoms with Crippen molar-refractivity contribution in [1.82, 2.24) is 14.2 Å². The molecule has 3 rings (SSSR count). The van der Waals surface area contributed by atoms with Gasteiger partial charge < -0.3 is 14.8 Å². The van der Waals surface area contributed by atoms with Crippen molar-refractivity contribution in [2.24, 2.45) is 5.92 Å². The lowest BCUT2D eigenvalue weighted by molar-refractivity contribution is -0.134. The third-order valence-corrected chi connectivity index (χ3v) is 7.27. The zero-order chi connectivity index (χ0) is 24.0. The number of rotatable bonds is 8. The normalized spacial score (nSPS) is 15.6. The number of nitrogens with one attached hydrogen (secondary N) is 2. The maximum absolute atomic E-state index is 13.3. The summed E-state index contributed by atoms with van der Waals surface area (Å²) in [6.45, 7) is 5.02. The second-order valence-corrected chi connectivity index (χ2v) is 10.1. The summed E-state index contributed by atoms with van der Waals surface area (Å²) in [5, 5.41) is 11.8. The van der Waals surface area contributed by atoms with Gasteiger partial charge in [0.05, 0.1) is 4.90 Å². The summed E-state index contributed by atoms with van der Waals surface area (Å²) in [7, 11) is -3.99. The van der Waals surface area contributed by atoms with Crippen LogP contribution < -0.4 is 10.0 Å². The van der Waals surface area contributed by atoms with E-state index in [9.17, 15) is 23.3 Å². The molecule has 10 heteroatoms. The Hall–Kier alpha value is -3.16. The fourth-order valence-electron chi connectivity index (χ4n) is 3.84. The first kappa shape index (κ1) is 24.5. The Morgan fingerprint density at radius 1 is 1.18 bits per heavy atom. The van der Waals surface area contributed by atoms with Crippen LogP contribution in [-0.2, 0) is 26.2 Å². The fraction of sp³-hybridized carbons (Fsp3) is 0.435. The molecule has 1 aliphatic heterocycles. The molecule has 0 aliphatic carbocycles. The van der Waals surface area contributed by atoms with Crippen LogP contribution >= 0.6 is 0 Å². The first-order valence-corrected chi connectivity index (χ1v) is 12.4. The van der Waals surface area contributed by atoms with Crippen LogP contribution in [0.3, 0.4) is 0 Å². The van der Waals surface area contributed by atoms with Gasteiger partial charge in [-0.2, -0.15) is 9.98 Å². The Morgan fingerprint density at radius 2 is 1.85 bits per heavy atom. The van der Waals surface area contributed by atoms with E-state index in [1.165, 1.54) is 31.2 Å². The Morgan fingerprint density at radius 3 is 2.45 bits per heavy atom. The van der Waals surface area contributed by atoms with Crippen molar-refractivity contribution >= 4 is 27.5 Å². The first-order valence-electron chi connectivity index (χ1n) is 10.9. The smallest absolute Gasteiger partial charge is 0.241 e. The summed E-state index contributed by atoms with van der Waals surface area (Å²) in [5.41, 5.74) is 0.928. The lowest BCUT2D eigenvalue weighted by Gasteiger charge is -2.33. The van der Waals surface area contributed by atoms with Crippen LogP contribution in [0.5, 0.6) is 0 Å². The van der Waals surface area contributed by atoms with E-state index in [4.69, 9.17) is 0 Å². The van der Waals surface area contributed by atoms with Crippen LogP contribution in [-0.4, -0.2) is 48.8 Å². The molecule has 9 nitrogen and oxygen atoms in total. The van der Waals surface area contributed by atoms with Crippen molar-refractivity contribution in [2.45, 2.75) is 50.6 Å². The predicted molar refractivity (Wildman–Crippen MR) is 124 cm³/mol. The van der Waals surface area contributed by atoms with Crippen molar-refractivity contribution in [3.8, 4) is 6.07 Å². The van der Waals surface area contributed by atoms with Crippen molar-refractivity contribution in [3.05, 3.63) is 48.3 Å². The number of aryl methyl sites for hydroxylation is 1. The number of benzene rings is 1. The third-order valence-electron chi connectivity index (χ3n) is 5.78.